The maximum atomic E-state index is 12.4. The number of carbonyl (C=O) groups excluding carboxylic acids is 1. The minimum atomic E-state index is 0.0101. The molecule has 0 bridgehead atoms. The molecule has 0 radical (unpaired) electrons. The molecule has 0 unspecified atom stereocenters. The van der Waals surface area contributed by atoms with Gasteiger partial charge >= 0.3 is 0 Å². The summed E-state index contributed by atoms with van der Waals surface area (Å²) < 4.78 is 0. The predicted molar refractivity (Wildman–Crippen MR) is 99.1 cm³/mol. The number of rotatable bonds is 6. The number of amides is 1. The molecule has 5 nitrogen and oxygen atoms in total. The Balaban J connectivity index is 1.51. The van der Waals surface area contributed by atoms with E-state index in [4.69, 9.17) is 5.73 Å². The highest BCUT2D eigenvalue weighted by Gasteiger charge is 2.33. The summed E-state index contributed by atoms with van der Waals surface area (Å²) >= 11 is 1.53. The number of aromatic nitrogens is 1. The molecule has 0 aromatic carbocycles. The smallest absolute Gasteiger partial charge is 0.226 e. The monoisotopic (exact) mass is 350 g/mol. The lowest BCUT2D eigenvalue weighted by atomic mass is 9.72. The normalized spacial score (nSPS) is 21.5. The van der Waals surface area contributed by atoms with Gasteiger partial charge in [0.25, 0.3) is 0 Å². The van der Waals surface area contributed by atoms with Crippen LogP contribution in [0.3, 0.4) is 0 Å². The van der Waals surface area contributed by atoms with Gasteiger partial charge in [0.2, 0.25) is 5.91 Å². The van der Waals surface area contributed by atoms with E-state index in [-0.39, 0.29) is 11.3 Å². The number of nitrogens with zero attached hydrogens (tertiary/aromatic N) is 2. The maximum Gasteiger partial charge on any atom is 0.226 e. The summed E-state index contributed by atoms with van der Waals surface area (Å²) in [5.41, 5.74) is 7.07. The Bertz CT molecular complexity index is 533. The van der Waals surface area contributed by atoms with Gasteiger partial charge in [0.05, 0.1) is 5.69 Å². The van der Waals surface area contributed by atoms with E-state index < -0.39 is 0 Å². The van der Waals surface area contributed by atoms with Crippen molar-refractivity contribution in [1.82, 2.24) is 9.88 Å². The van der Waals surface area contributed by atoms with Crippen LogP contribution in [0.4, 0.5) is 5.13 Å². The van der Waals surface area contributed by atoms with Crippen molar-refractivity contribution in [2.24, 2.45) is 11.1 Å². The van der Waals surface area contributed by atoms with E-state index in [1.807, 2.05) is 0 Å². The highest BCUT2D eigenvalue weighted by Crippen LogP contribution is 2.38. The van der Waals surface area contributed by atoms with Gasteiger partial charge < -0.3 is 11.1 Å². The van der Waals surface area contributed by atoms with Crippen molar-refractivity contribution < 1.29 is 4.79 Å². The fraction of sp³-hybridized carbons (Fsp3) is 0.778. The van der Waals surface area contributed by atoms with Crippen LogP contribution in [0.15, 0.2) is 5.38 Å². The summed E-state index contributed by atoms with van der Waals surface area (Å²) in [4.78, 5) is 19.5. The molecule has 0 atom stereocenters. The highest BCUT2D eigenvalue weighted by atomic mass is 32.1. The summed E-state index contributed by atoms with van der Waals surface area (Å²) in [6.45, 7) is 3.84. The fourth-order valence-corrected chi connectivity index (χ4v) is 4.76. The minimum absolute atomic E-state index is 0.0101. The molecule has 134 valence electrons. The van der Waals surface area contributed by atoms with Crippen molar-refractivity contribution in [3.05, 3.63) is 11.1 Å². The van der Waals surface area contributed by atoms with Crippen LogP contribution in [0.5, 0.6) is 0 Å². The van der Waals surface area contributed by atoms with Gasteiger partial charge in [0, 0.05) is 18.3 Å². The summed E-state index contributed by atoms with van der Waals surface area (Å²) in [6.07, 6.45) is 10.3. The average molecular weight is 351 g/mol. The first-order valence-corrected chi connectivity index (χ1v) is 10.2. The zero-order valence-electron chi connectivity index (χ0n) is 14.6. The Labute approximate surface area is 149 Å². The molecule has 1 aliphatic heterocycles. The number of piperidine rings is 1. The minimum Gasteiger partial charge on any atom is -0.330 e. The van der Waals surface area contributed by atoms with Crippen LogP contribution in [0.1, 0.15) is 63.5 Å². The number of hydrogen-bond donors (Lipinski definition) is 2. The first-order valence-electron chi connectivity index (χ1n) is 9.36. The maximum absolute atomic E-state index is 12.4. The number of nitrogens with two attached hydrogens (primary N) is 1. The average Bonchev–Trinajstić information content (AvgIpc) is 3.03. The standard InChI is InChI=1S/C18H30N4OS/c19-14-18(7-3-1-4-8-18)11-16(23)21-17-20-15(13-24-17)12-22-9-5-2-6-10-22/h13H,1-12,14,19H2,(H,20,21,23). The number of hydrogen-bond acceptors (Lipinski definition) is 5. The van der Waals surface area contributed by atoms with Crippen LogP contribution in [0.2, 0.25) is 0 Å². The lowest BCUT2D eigenvalue weighted by Crippen LogP contribution is -2.36. The van der Waals surface area contributed by atoms with Crippen LogP contribution in [-0.4, -0.2) is 35.4 Å². The van der Waals surface area contributed by atoms with Crippen LogP contribution in [-0.2, 0) is 11.3 Å². The van der Waals surface area contributed by atoms with Gasteiger partial charge in [-0.05, 0) is 50.7 Å². The Hall–Kier alpha value is -0.980. The molecular weight excluding hydrogens is 320 g/mol. The van der Waals surface area contributed by atoms with E-state index in [1.54, 1.807) is 0 Å². The van der Waals surface area contributed by atoms with E-state index in [9.17, 15) is 4.79 Å². The molecule has 1 aromatic heterocycles. The van der Waals surface area contributed by atoms with E-state index in [1.165, 1.54) is 49.9 Å². The molecule has 1 aliphatic carbocycles. The van der Waals surface area contributed by atoms with E-state index in [0.717, 1.165) is 43.3 Å². The van der Waals surface area contributed by atoms with Crippen molar-refractivity contribution in [1.29, 1.82) is 0 Å². The van der Waals surface area contributed by atoms with Gasteiger partial charge in [0.1, 0.15) is 0 Å². The summed E-state index contributed by atoms with van der Waals surface area (Å²) in [7, 11) is 0. The van der Waals surface area contributed by atoms with Gasteiger partial charge in [-0.1, -0.05) is 25.7 Å². The third-order valence-electron chi connectivity index (χ3n) is 5.52. The SMILES string of the molecule is NCC1(CC(=O)Nc2nc(CN3CCCCC3)cs2)CCCCC1. The number of carbonyl (C=O) groups is 1. The van der Waals surface area contributed by atoms with Crippen molar-refractivity contribution in [3.63, 3.8) is 0 Å². The van der Waals surface area contributed by atoms with Gasteiger partial charge in [-0.15, -0.1) is 11.3 Å². The van der Waals surface area contributed by atoms with Gasteiger partial charge in [-0.2, -0.15) is 0 Å². The van der Waals surface area contributed by atoms with Gasteiger partial charge in [-0.3, -0.25) is 9.69 Å². The predicted octanol–water partition coefficient (Wildman–Crippen LogP) is 3.37. The molecule has 24 heavy (non-hydrogen) atoms. The lowest BCUT2D eigenvalue weighted by molar-refractivity contribution is -0.118. The molecule has 2 heterocycles. The molecule has 3 N–H and O–H groups in total. The molecule has 1 aromatic rings. The van der Waals surface area contributed by atoms with E-state index in [0.29, 0.717) is 13.0 Å². The molecule has 3 rings (SSSR count). The van der Waals surface area contributed by atoms with Gasteiger partial charge in [-0.25, -0.2) is 4.98 Å². The molecular formula is C18H30N4OS. The largest absolute Gasteiger partial charge is 0.330 e. The molecule has 2 aliphatic rings. The number of thiazole rings is 1. The van der Waals surface area contributed by atoms with Crippen LogP contribution in [0.25, 0.3) is 0 Å². The third-order valence-corrected chi connectivity index (χ3v) is 6.32. The number of nitrogens with one attached hydrogen (secondary N) is 1. The fourth-order valence-electron chi connectivity index (χ4n) is 4.04. The van der Waals surface area contributed by atoms with E-state index >= 15 is 0 Å². The van der Waals surface area contributed by atoms with Crippen LogP contribution < -0.4 is 11.1 Å². The van der Waals surface area contributed by atoms with Crippen molar-refractivity contribution >= 4 is 22.4 Å². The lowest BCUT2D eigenvalue weighted by Gasteiger charge is -2.35. The molecule has 1 saturated carbocycles. The summed E-state index contributed by atoms with van der Waals surface area (Å²) in [5, 5.41) is 5.80. The Morgan fingerprint density at radius 3 is 2.62 bits per heavy atom. The Kier molecular flexibility index (Phi) is 6.25. The molecule has 1 saturated heterocycles. The molecule has 2 fully saturated rings. The van der Waals surface area contributed by atoms with Crippen LogP contribution in [0, 0.1) is 5.41 Å². The quantitative estimate of drug-likeness (QED) is 0.825. The zero-order chi connectivity index (χ0) is 16.8. The third kappa shape index (κ3) is 4.77. The van der Waals surface area contributed by atoms with Crippen molar-refractivity contribution in [3.8, 4) is 0 Å². The first-order chi connectivity index (χ1) is 11.7. The summed E-state index contributed by atoms with van der Waals surface area (Å²) in [6, 6.07) is 0. The van der Waals surface area contributed by atoms with E-state index in [2.05, 4.69) is 20.6 Å². The highest BCUT2D eigenvalue weighted by molar-refractivity contribution is 7.13. The second kappa shape index (κ2) is 8.41. The zero-order valence-corrected chi connectivity index (χ0v) is 15.4. The number of likely N-dealkylation sites (tertiary alicyclic amines) is 1. The van der Waals surface area contributed by atoms with Crippen molar-refractivity contribution in [2.45, 2.75) is 64.3 Å². The number of anilines is 1. The molecule has 0 spiro atoms. The van der Waals surface area contributed by atoms with Crippen LogP contribution >= 0.6 is 11.3 Å². The van der Waals surface area contributed by atoms with Crippen molar-refractivity contribution in [2.75, 3.05) is 25.0 Å². The van der Waals surface area contributed by atoms with Gasteiger partial charge in [0.15, 0.2) is 5.13 Å². The summed E-state index contributed by atoms with van der Waals surface area (Å²) in [5.74, 6) is 0.0706. The Morgan fingerprint density at radius 2 is 1.92 bits per heavy atom. The first kappa shape index (κ1) is 17.8. The second-order valence-electron chi connectivity index (χ2n) is 7.47. The molecule has 1 amide bonds. The molecule has 6 heteroatoms. The Morgan fingerprint density at radius 1 is 1.21 bits per heavy atom. The second-order valence-corrected chi connectivity index (χ2v) is 8.33. The topological polar surface area (TPSA) is 71.2 Å².